The number of hydrogen-bond donors (Lipinski definition) is 3. The Hall–Kier alpha value is -1.66. The number of nitrogens with one attached hydrogen (secondary N) is 2. The van der Waals surface area contributed by atoms with Crippen LogP contribution in [0.1, 0.15) is 11.1 Å². The fourth-order valence-corrected chi connectivity index (χ4v) is 6.07. The number of aromatic hydroxyl groups is 1. The molecular weight excluding hydrogens is 563 g/mol. The highest BCUT2D eigenvalue weighted by molar-refractivity contribution is 9.10. The molecule has 0 aliphatic heterocycles. The summed E-state index contributed by atoms with van der Waals surface area (Å²) in [5.74, 6) is -0.889. The van der Waals surface area contributed by atoms with Crippen molar-refractivity contribution in [3.8, 4) is 5.75 Å². The van der Waals surface area contributed by atoms with Crippen molar-refractivity contribution in [2.75, 3.05) is 0 Å². The number of rotatable bonds is 8. The summed E-state index contributed by atoms with van der Waals surface area (Å²) in [4.78, 5) is -1.15. The molecule has 12 heteroatoms. The zero-order chi connectivity index (χ0) is 23.5. The Morgan fingerprint density at radius 1 is 0.719 bits per heavy atom. The molecule has 0 amide bonds. The topological polar surface area (TPSA) is 113 Å². The first kappa shape index (κ1) is 25.0. The minimum absolute atomic E-state index is 0.0810. The van der Waals surface area contributed by atoms with Gasteiger partial charge in [-0.25, -0.2) is 26.3 Å². The van der Waals surface area contributed by atoms with Crippen LogP contribution >= 0.6 is 39.1 Å². The van der Waals surface area contributed by atoms with Crippen LogP contribution in [0.3, 0.4) is 0 Å². The van der Waals surface area contributed by atoms with Crippen molar-refractivity contribution in [2.45, 2.75) is 22.9 Å². The van der Waals surface area contributed by atoms with Crippen LogP contribution in [0.2, 0.25) is 10.0 Å². The molecule has 0 bridgehead atoms. The molecule has 3 aromatic rings. The van der Waals surface area contributed by atoms with Gasteiger partial charge in [-0.15, -0.1) is 0 Å². The van der Waals surface area contributed by atoms with Crippen molar-refractivity contribution in [1.29, 1.82) is 0 Å². The predicted molar refractivity (Wildman–Crippen MR) is 127 cm³/mol. The Morgan fingerprint density at radius 2 is 1.06 bits per heavy atom. The summed E-state index contributed by atoms with van der Waals surface area (Å²) in [6.45, 7) is -0.162. The number of sulfonamides is 2. The molecule has 0 fully saturated rings. The lowest BCUT2D eigenvalue weighted by atomic mass is 10.2. The van der Waals surface area contributed by atoms with Crippen LogP contribution < -0.4 is 9.44 Å². The van der Waals surface area contributed by atoms with Crippen molar-refractivity contribution < 1.29 is 21.9 Å². The second-order valence-corrected chi connectivity index (χ2v) is 11.9. The van der Waals surface area contributed by atoms with E-state index in [4.69, 9.17) is 23.2 Å². The van der Waals surface area contributed by atoms with Crippen molar-refractivity contribution in [1.82, 2.24) is 9.44 Å². The number of benzene rings is 3. The Kier molecular flexibility index (Phi) is 7.87. The minimum Gasteiger partial charge on any atom is -0.505 e. The van der Waals surface area contributed by atoms with Gasteiger partial charge in [0.1, 0.15) is 9.79 Å². The highest BCUT2D eigenvalue weighted by atomic mass is 79.9. The van der Waals surface area contributed by atoms with Crippen molar-refractivity contribution in [3.63, 3.8) is 0 Å². The third-order valence-corrected chi connectivity index (χ3v) is 8.13. The van der Waals surface area contributed by atoms with Gasteiger partial charge in [-0.1, -0.05) is 63.4 Å². The molecule has 0 saturated carbocycles. The molecule has 0 unspecified atom stereocenters. The highest BCUT2D eigenvalue weighted by Crippen LogP contribution is 2.34. The monoisotopic (exact) mass is 578 g/mol. The lowest BCUT2D eigenvalue weighted by Gasteiger charge is -2.14. The van der Waals surface area contributed by atoms with Crippen molar-refractivity contribution >= 4 is 59.2 Å². The number of halogens is 3. The third kappa shape index (κ3) is 6.22. The summed E-state index contributed by atoms with van der Waals surface area (Å²) in [6, 6.07) is 15.2. The van der Waals surface area contributed by atoms with E-state index in [1.165, 1.54) is 0 Å². The molecular formula is C20H17BrCl2N2O5S2. The molecule has 170 valence electrons. The molecule has 0 atom stereocenters. The highest BCUT2D eigenvalue weighted by Gasteiger charge is 2.27. The molecule has 3 N–H and O–H groups in total. The SMILES string of the molecule is O=S(=O)(NCc1ccc(Cl)cc1)c1cc(Br)cc(S(=O)(=O)NCc2ccc(Cl)cc2)c1O. The molecule has 0 spiro atoms. The molecule has 3 rings (SSSR count). The van der Waals surface area contributed by atoms with Crippen LogP contribution in [0, 0.1) is 0 Å². The van der Waals surface area contributed by atoms with E-state index in [2.05, 4.69) is 25.4 Å². The van der Waals surface area contributed by atoms with Gasteiger partial charge in [0, 0.05) is 27.6 Å². The number of phenolic OH excluding ortho intramolecular Hbond substituents is 1. The first-order valence-corrected chi connectivity index (χ1v) is 13.5. The fraction of sp³-hybridized carbons (Fsp3) is 0.100. The van der Waals surface area contributed by atoms with Gasteiger partial charge in [0.15, 0.2) is 5.75 Å². The van der Waals surface area contributed by atoms with E-state index in [0.717, 1.165) is 12.1 Å². The summed E-state index contributed by atoms with van der Waals surface area (Å²) in [6.07, 6.45) is 0. The van der Waals surface area contributed by atoms with E-state index in [1.807, 2.05) is 0 Å². The van der Waals surface area contributed by atoms with E-state index in [-0.39, 0.29) is 17.6 Å². The molecule has 0 aliphatic carbocycles. The predicted octanol–water partition coefficient (Wildman–Crippen LogP) is 4.42. The van der Waals surface area contributed by atoms with Gasteiger partial charge in [0.05, 0.1) is 0 Å². The maximum Gasteiger partial charge on any atom is 0.244 e. The smallest absolute Gasteiger partial charge is 0.244 e. The summed E-state index contributed by atoms with van der Waals surface area (Å²) >= 11 is 14.8. The van der Waals surface area contributed by atoms with Crippen molar-refractivity contribution in [3.05, 3.63) is 86.3 Å². The lowest BCUT2D eigenvalue weighted by Crippen LogP contribution is -2.26. The quantitative estimate of drug-likeness (QED) is 0.366. The van der Waals surface area contributed by atoms with Crippen molar-refractivity contribution in [2.24, 2.45) is 0 Å². The zero-order valence-electron chi connectivity index (χ0n) is 16.2. The van der Waals surface area contributed by atoms with Gasteiger partial charge in [-0.05, 0) is 47.5 Å². The molecule has 7 nitrogen and oxygen atoms in total. The van der Waals surface area contributed by atoms with Crippen LogP contribution in [0.4, 0.5) is 0 Å². The Bertz CT molecular complexity index is 1230. The van der Waals surface area contributed by atoms with Crippen LogP contribution in [0.15, 0.2) is 74.9 Å². The molecule has 0 aromatic heterocycles. The van der Waals surface area contributed by atoms with Gasteiger partial charge in [0.2, 0.25) is 20.0 Å². The molecule has 3 aromatic carbocycles. The molecule has 0 heterocycles. The summed E-state index contributed by atoms with van der Waals surface area (Å²) in [5.41, 5.74) is 1.26. The largest absolute Gasteiger partial charge is 0.505 e. The van der Waals surface area contributed by atoms with Crippen LogP contribution in [-0.2, 0) is 33.1 Å². The maximum absolute atomic E-state index is 12.8. The number of phenols is 1. The molecule has 0 aliphatic rings. The normalized spacial score (nSPS) is 12.1. The van der Waals surface area contributed by atoms with Crippen LogP contribution in [0.25, 0.3) is 0 Å². The average molecular weight is 580 g/mol. The van der Waals surface area contributed by atoms with E-state index in [9.17, 15) is 21.9 Å². The minimum atomic E-state index is -4.25. The molecule has 32 heavy (non-hydrogen) atoms. The molecule has 0 saturated heterocycles. The molecule has 0 radical (unpaired) electrons. The lowest BCUT2D eigenvalue weighted by molar-refractivity contribution is 0.440. The maximum atomic E-state index is 12.8. The first-order chi connectivity index (χ1) is 15.0. The summed E-state index contributed by atoms with van der Waals surface area (Å²) < 4.78 is 56.0. The Balaban J connectivity index is 1.86. The zero-order valence-corrected chi connectivity index (χ0v) is 20.9. The second-order valence-electron chi connectivity index (χ2n) is 6.65. The van der Waals surface area contributed by atoms with E-state index >= 15 is 0 Å². The van der Waals surface area contributed by atoms with Gasteiger partial charge in [0.25, 0.3) is 0 Å². The van der Waals surface area contributed by atoms with E-state index < -0.39 is 35.6 Å². The standard InChI is InChI=1S/C20H17BrCl2N2O5S2/c21-15-9-18(31(27,28)24-11-13-1-5-16(22)6-2-13)20(26)19(10-15)32(29,30)25-12-14-3-7-17(23)8-4-14/h1-10,24-26H,11-12H2. The number of hydrogen-bond acceptors (Lipinski definition) is 5. The summed E-state index contributed by atoms with van der Waals surface area (Å²) in [7, 11) is -8.49. The van der Waals surface area contributed by atoms with Gasteiger partial charge in [-0.2, -0.15) is 0 Å². The van der Waals surface area contributed by atoms with Crippen LogP contribution in [-0.4, -0.2) is 21.9 Å². The van der Waals surface area contributed by atoms with Gasteiger partial charge in [-0.3, -0.25) is 0 Å². The Morgan fingerprint density at radius 3 is 1.41 bits per heavy atom. The second kappa shape index (κ2) is 10.1. The Labute approximate surface area is 204 Å². The summed E-state index contributed by atoms with van der Waals surface area (Å²) in [5, 5.41) is 11.6. The van der Waals surface area contributed by atoms with Gasteiger partial charge < -0.3 is 5.11 Å². The van der Waals surface area contributed by atoms with Crippen LogP contribution in [0.5, 0.6) is 5.75 Å². The third-order valence-electron chi connectivity index (χ3n) is 4.34. The van der Waals surface area contributed by atoms with E-state index in [1.54, 1.807) is 48.5 Å². The fourth-order valence-electron chi connectivity index (χ4n) is 2.68. The van der Waals surface area contributed by atoms with E-state index in [0.29, 0.717) is 21.2 Å². The average Bonchev–Trinajstić information content (AvgIpc) is 2.74. The van der Waals surface area contributed by atoms with Gasteiger partial charge >= 0.3 is 0 Å². The first-order valence-electron chi connectivity index (χ1n) is 8.99.